The maximum Gasteiger partial charge on any atom is 0.228 e. The third-order valence-electron chi connectivity index (χ3n) is 5.00. The van der Waals surface area contributed by atoms with Gasteiger partial charge in [-0.25, -0.2) is 4.98 Å². The number of hydrogen-bond donors (Lipinski definition) is 1. The molecule has 1 N–H and O–H groups in total. The average molecular weight is 423 g/mol. The molecule has 5 nitrogen and oxygen atoms in total. The van der Waals surface area contributed by atoms with Crippen LogP contribution in [-0.4, -0.2) is 36.8 Å². The van der Waals surface area contributed by atoms with Crippen LogP contribution in [0.4, 0.5) is 5.13 Å². The zero-order valence-corrected chi connectivity index (χ0v) is 17.7. The van der Waals surface area contributed by atoms with Crippen LogP contribution in [0.15, 0.2) is 60.7 Å². The van der Waals surface area contributed by atoms with Crippen LogP contribution in [0.1, 0.15) is 30.5 Å². The smallest absolute Gasteiger partial charge is 0.228 e. The van der Waals surface area contributed by atoms with Crippen molar-refractivity contribution in [2.24, 2.45) is 0 Å². The van der Waals surface area contributed by atoms with Gasteiger partial charge in [0.15, 0.2) is 5.13 Å². The average Bonchev–Trinajstić information content (AvgIpc) is 3.43. The molecule has 3 aromatic rings. The molecule has 1 unspecified atom stereocenters. The molecule has 156 valence electrons. The van der Waals surface area contributed by atoms with E-state index in [1.54, 1.807) is 0 Å². The predicted octanol–water partition coefficient (Wildman–Crippen LogP) is 4.93. The lowest BCUT2D eigenvalue weighted by atomic mass is 10.1. The van der Waals surface area contributed by atoms with Crippen molar-refractivity contribution < 1.29 is 14.3 Å². The number of carbonyl (C=O) groups is 1. The first-order valence-electron chi connectivity index (χ1n) is 10.4. The molecule has 1 saturated heterocycles. The third kappa shape index (κ3) is 5.75. The molecule has 0 aliphatic carbocycles. The molecule has 1 atom stereocenters. The Bertz CT molecular complexity index is 938. The number of aromatic nitrogens is 1. The number of amides is 1. The number of thiazole rings is 1. The second-order valence-corrected chi connectivity index (χ2v) is 8.33. The van der Waals surface area contributed by atoms with Crippen molar-refractivity contribution in [1.82, 2.24) is 4.98 Å². The van der Waals surface area contributed by atoms with Gasteiger partial charge >= 0.3 is 0 Å². The predicted molar refractivity (Wildman–Crippen MR) is 120 cm³/mol. The Labute approximate surface area is 181 Å². The monoisotopic (exact) mass is 422 g/mol. The number of nitrogens with zero attached hydrogens (tertiary/aromatic N) is 1. The summed E-state index contributed by atoms with van der Waals surface area (Å²) in [7, 11) is 0. The van der Waals surface area contributed by atoms with E-state index in [1.807, 2.05) is 36.4 Å². The summed E-state index contributed by atoms with van der Waals surface area (Å²) in [6, 6.07) is 20.5. The van der Waals surface area contributed by atoms with Gasteiger partial charge in [0.25, 0.3) is 0 Å². The van der Waals surface area contributed by atoms with Crippen molar-refractivity contribution in [2.75, 3.05) is 25.1 Å². The molecular weight excluding hydrogens is 396 g/mol. The molecule has 2 heterocycles. The fourth-order valence-electron chi connectivity index (χ4n) is 3.47. The maximum absolute atomic E-state index is 12.4. The molecule has 6 heteroatoms. The summed E-state index contributed by atoms with van der Waals surface area (Å²) in [5.41, 5.74) is 3.28. The molecule has 1 amide bonds. The normalized spacial score (nSPS) is 15.9. The second kappa shape index (κ2) is 10.5. The standard InChI is InChI=1S/C24H26N2O3S/c27-22(13-15-28-17-20-12-7-14-29-20)26-24-25-21(16-18-8-3-1-4-9-18)23(30-24)19-10-5-2-6-11-19/h1-6,8-11,20H,7,12-17H2,(H,25,26,27). The Morgan fingerprint density at radius 2 is 1.90 bits per heavy atom. The van der Waals surface area contributed by atoms with E-state index < -0.39 is 0 Å². The van der Waals surface area contributed by atoms with Gasteiger partial charge in [0.05, 0.1) is 36.3 Å². The highest BCUT2D eigenvalue weighted by Gasteiger charge is 2.17. The molecule has 1 aliphatic rings. The van der Waals surface area contributed by atoms with E-state index in [0.29, 0.717) is 24.8 Å². The van der Waals surface area contributed by atoms with Gasteiger partial charge in [0.2, 0.25) is 5.91 Å². The number of carbonyl (C=O) groups excluding carboxylic acids is 1. The molecule has 1 aliphatic heterocycles. The first kappa shape index (κ1) is 20.7. The van der Waals surface area contributed by atoms with Crippen LogP contribution in [0.25, 0.3) is 10.4 Å². The fraction of sp³-hybridized carbons (Fsp3) is 0.333. The van der Waals surface area contributed by atoms with Crippen LogP contribution in [0.2, 0.25) is 0 Å². The largest absolute Gasteiger partial charge is 0.378 e. The summed E-state index contributed by atoms with van der Waals surface area (Å²) in [5.74, 6) is -0.0815. The number of benzene rings is 2. The van der Waals surface area contributed by atoms with Crippen LogP contribution < -0.4 is 5.32 Å². The fourth-order valence-corrected chi connectivity index (χ4v) is 4.47. The lowest BCUT2D eigenvalue weighted by molar-refractivity contribution is -0.117. The first-order valence-corrected chi connectivity index (χ1v) is 11.2. The van der Waals surface area contributed by atoms with Gasteiger partial charge in [-0.3, -0.25) is 4.79 Å². The van der Waals surface area contributed by atoms with Crippen LogP contribution >= 0.6 is 11.3 Å². The highest BCUT2D eigenvalue weighted by atomic mass is 32.1. The van der Waals surface area contributed by atoms with Crippen LogP contribution in [0.3, 0.4) is 0 Å². The molecule has 0 saturated carbocycles. The molecule has 0 bridgehead atoms. The third-order valence-corrected chi connectivity index (χ3v) is 6.06. The summed E-state index contributed by atoms with van der Waals surface area (Å²) < 4.78 is 11.1. The van der Waals surface area contributed by atoms with Crippen LogP contribution in [0.5, 0.6) is 0 Å². The summed E-state index contributed by atoms with van der Waals surface area (Å²) in [4.78, 5) is 18.2. The SMILES string of the molecule is O=C(CCOCC1CCCO1)Nc1nc(Cc2ccccc2)c(-c2ccccc2)s1. The minimum Gasteiger partial charge on any atom is -0.378 e. The zero-order chi connectivity index (χ0) is 20.6. The van der Waals surface area contributed by atoms with Gasteiger partial charge in [-0.1, -0.05) is 72.0 Å². The summed E-state index contributed by atoms with van der Waals surface area (Å²) in [5, 5.41) is 3.57. The Kier molecular flexibility index (Phi) is 7.24. The molecule has 2 aromatic carbocycles. The maximum atomic E-state index is 12.4. The van der Waals surface area contributed by atoms with Gasteiger partial charge in [-0.2, -0.15) is 0 Å². The molecule has 4 rings (SSSR count). The van der Waals surface area contributed by atoms with E-state index >= 15 is 0 Å². The Morgan fingerprint density at radius 1 is 1.13 bits per heavy atom. The van der Waals surface area contributed by atoms with Gasteiger partial charge in [-0.05, 0) is 24.0 Å². The summed E-state index contributed by atoms with van der Waals surface area (Å²) in [6.07, 6.45) is 3.34. The number of rotatable bonds is 9. The highest BCUT2D eigenvalue weighted by molar-refractivity contribution is 7.19. The van der Waals surface area contributed by atoms with Crippen molar-refractivity contribution in [3.8, 4) is 10.4 Å². The quantitative estimate of drug-likeness (QED) is 0.497. The minimum absolute atomic E-state index is 0.0815. The van der Waals surface area contributed by atoms with Crippen LogP contribution in [0, 0.1) is 0 Å². The highest BCUT2D eigenvalue weighted by Crippen LogP contribution is 2.34. The van der Waals surface area contributed by atoms with E-state index in [2.05, 4.69) is 29.6 Å². The van der Waals surface area contributed by atoms with E-state index in [9.17, 15) is 4.79 Å². The van der Waals surface area contributed by atoms with E-state index in [0.717, 1.165) is 42.0 Å². The van der Waals surface area contributed by atoms with Crippen LogP contribution in [-0.2, 0) is 20.7 Å². The van der Waals surface area contributed by atoms with E-state index in [1.165, 1.54) is 16.9 Å². The molecule has 0 spiro atoms. The van der Waals surface area contributed by atoms with Crippen molar-refractivity contribution in [2.45, 2.75) is 31.8 Å². The van der Waals surface area contributed by atoms with E-state index in [4.69, 9.17) is 14.5 Å². The molecule has 30 heavy (non-hydrogen) atoms. The molecule has 0 radical (unpaired) electrons. The number of nitrogens with one attached hydrogen (secondary N) is 1. The molecular formula is C24H26N2O3S. The number of ether oxygens (including phenoxy) is 2. The Hall–Kier alpha value is -2.54. The number of hydrogen-bond acceptors (Lipinski definition) is 5. The lowest BCUT2D eigenvalue weighted by Crippen LogP contribution is -2.18. The molecule has 1 fully saturated rings. The van der Waals surface area contributed by atoms with Gasteiger partial charge in [0.1, 0.15) is 0 Å². The van der Waals surface area contributed by atoms with Gasteiger partial charge in [0, 0.05) is 13.0 Å². The molecule has 1 aromatic heterocycles. The Balaban J connectivity index is 1.39. The topological polar surface area (TPSA) is 60.5 Å². The van der Waals surface area contributed by atoms with E-state index in [-0.39, 0.29) is 12.0 Å². The summed E-state index contributed by atoms with van der Waals surface area (Å²) in [6.45, 7) is 1.76. The lowest BCUT2D eigenvalue weighted by Gasteiger charge is -2.09. The van der Waals surface area contributed by atoms with Crippen molar-refractivity contribution >= 4 is 22.4 Å². The Morgan fingerprint density at radius 3 is 2.63 bits per heavy atom. The van der Waals surface area contributed by atoms with Crippen molar-refractivity contribution in [1.29, 1.82) is 0 Å². The van der Waals surface area contributed by atoms with Crippen molar-refractivity contribution in [3.05, 3.63) is 71.9 Å². The minimum atomic E-state index is -0.0815. The summed E-state index contributed by atoms with van der Waals surface area (Å²) >= 11 is 1.52. The number of anilines is 1. The van der Waals surface area contributed by atoms with Gasteiger partial charge in [-0.15, -0.1) is 0 Å². The van der Waals surface area contributed by atoms with Crippen molar-refractivity contribution in [3.63, 3.8) is 0 Å². The second-order valence-electron chi connectivity index (χ2n) is 7.33. The zero-order valence-electron chi connectivity index (χ0n) is 16.9. The first-order chi connectivity index (χ1) is 14.8. The van der Waals surface area contributed by atoms with Gasteiger partial charge < -0.3 is 14.8 Å².